The number of anilines is 1. The van der Waals surface area contributed by atoms with E-state index in [9.17, 15) is 17.6 Å². The van der Waals surface area contributed by atoms with Crippen molar-refractivity contribution >= 4 is 33.2 Å². The molecule has 0 radical (unpaired) electrons. The number of hydrogen-bond donors (Lipinski definition) is 1. The Morgan fingerprint density at radius 1 is 1.09 bits per heavy atom. The van der Waals surface area contributed by atoms with E-state index in [1.54, 1.807) is 6.07 Å². The molecule has 0 unspecified atom stereocenters. The van der Waals surface area contributed by atoms with E-state index in [0.717, 1.165) is 57.5 Å². The molecule has 1 aliphatic carbocycles. The Bertz CT molecular complexity index is 1080. The first kappa shape index (κ1) is 23.0. The van der Waals surface area contributed by atoms with Gasteiger partial charge in [-0.1, -0.05) is 18.5 Å². The van der Waals surface area contributed by atoms with Gasteiger partial charge in [0.1, 0.15) is 5.82 Å². The van der Waals surface area contributed by atoms with Gasteiger partial charge in [0, 0.05) is 30.7 Å². The van der Waals surface area contributed by atoms with Crippen LogP contribution < -0.4 is 4.72 Å². The minimum absolute atomic E-state index is 0.0889. The van der Waals surface area contributed by atoms with Crippen molar-refractivity contribution in [2.75, 3.05) is 24.4 Å². The van der Waals surface area contributed by atoms with Gasteiger partial charge in [0.15, 0.2) is 0 Å². The average Bonchev–Trinajstić information content (AvgIpc) is 3.61. The van der Waals surface area contributed by atoms with Gasteiger partial charge >= 0.3 is 0 Å². The molecule has 0 bridgehead atoms. The lowest BCUT2D eigenvalue weighted by molar-refractivity contribution is 0.0554. The van der Waals surface area contributed by atoms with E-state index in [-0.39, 0.29) is 33.6 Å². The Morgan fingerprint density at radius 2 is 1.72 bits per heavy atom. The molecule has 2 aromatic rings. The van der Waals surface area contributed by atoms with Crippen molar-refractivity contribution in [1.82, 2.24) is 9.80 Å². The fourth-order valence-electron chi connectivity index (χ4n) is 4.20. The second-order valence-corrected chi connectivity index (χ2v) is 10.5. The van der Waals surface area contributed by atoms with Gasteiger partial charge in [-0.2, -0.15) is 0 Å². The topological polar surface area (TPSA) is 69.7 Å². The molecular formula is C23H27ClFN3O3S. The largest absolute Gasteiger partial charge is 0.333 e. The second kappa shape index (κ2) is 9.37. The van der Waals surface area contributed by atoms with Crippen LogP contribution in [0.1, 0.15) is 43.0 Å². The van der Waals surface area contributed by atoms with Gasteiger partial charge in [0.25, 0.3) is 15.9 Å². The van der Waals surface area contributed by atoms with Crippen LogP contribution in [0.4, 0.5) is 10.1 Å². The lowest BCUT2D eigenvalue weighted by Gasteiger charge is -2.38. The average molecular weight is 480 g/mol. The molecule has 0 spiro atoms. The molecule has 2 fully saturated rings. The number of halogens is 2. The zero-order valence-electron chi connectivity index (χ0n) is 17.9. The number of piperidine rings is 1. The number of carbonyl (C=O) groups is 1. The van der Waals surface area contributed by atoms with Crippen LogP contribution in [0.3, 0.4) is 0 Å². The summed E-state index contributed by atoms with van der Waals surface area (Å²) in [5, 5.41) is 0.182. The van der Waals surface area contributed by atoms with Gasteiger partial charge in [-0.3, -0.25) is 9.52 Å². The number of amides is 1. The van der Waals surface area contributed by atoms with Crippen LogP contribution in [0.5, 0.6) is 0 Å². The van der Waals surface area contributed by atoms with Crippen molar-refractivity contribution < 1.29 is 17.6 Å². The Kier molecular flexibility index (Phi) is 6.74. The van der Waals surface area contributed by atoms with E-state index in [1.807, 2.05) is 4.90 Å². The second-order valence-electron chi connectivity index (χ2n) is 8.36. The molecule has 1 amide bonds. The zero-order chi connectivity index (χ0) is 22.9. The van der Waals surface area contributed by atoms with Gasteiger partial charge < -0.3 is 9.80 Å². The molecular weight excluding hydrogens is 453 g/mol. The molecule has 1 aliphatic heterocycles. The summed E-state index contributed by atoms with van der Waals surface area (Å²) < 4.78 is 41.0. The van der Waals surface area contributed by atoms with E-state index in [2.05, 4.69) is 16.5 Å². The van der Waals surface area contributed by atoms with Gasteiger partial charge in [-0.15, -0.1) is 0 Å². The van der Waals surface area contributed by atoms with E-state index in [1.165, 1.54) is 24.3 Å². The maximum absolute atomic E-state index is 13.5. The first-order chi connectivity index (χ1) is 15.3. The highest BCUT2D eigenvalue weighted by molar-refractivity contribution is 7.92. The molecule has 0 atom stereocenters. The van der Waals surface area contributed by atoms with Crippen LogP contribution in [0.25, 0.3) is 0 Å². The minimum Gasteiger partial charge on any atom is -0.333 e. The van der Waals surface area contributed by atoms with Crippen LogP contribution in [0.2, 0.25) is 5.02 Å². The Balaban J connectivity index is 1.56. The molecule has 9 heteroatoms. The molecule has 2 aromatic carbocycles. The maximum Gasteiger partial charge on any atom is 0.261 e. The number of nitrogens with one attached hydrogen (secondary N) is 1. The summed E-state index contributed by atoms with van der Waals surface area (Å²) in [7, 11) is -3.98. The van der Waals surface area contributed by atoms with Crippen molar-refractivity contribution in [3.63, 3.8) is 0 Å². The molecule has 1 saturated carbocycles. The van der Waals surface area contributed by atoms with Crippen molar-refractivity contribution in [1.29, 1.82) is 0 Å². The summed E-state index contributed by atoms with van der Waals surface area (Å²) in [5.74, 6) is -0.624. The lowest BCUT2D eigenvalue weighted by atomic mass is 10.0. The van der Waals surface area contributed by atoms with Gasteiger partial charge in [0.05, 0.1) is 15.6 Å². The standard InChI is InChI=1S/C23H27ClFN3O3S/c1-2-27-13-11-19(12-14-27)28(18-6-7-18)23(29)16-3-10-21(24)22(15-16)26-32(30,31)20-8-4-17(25)5-9-20/h3-5,8-10,15,18-19,26H,2,6-7,11-14H2,1H3. The third-order valence-electron chi connectivity index (χ3n) is 6.15. The quantitative estimate of drug-likeness (QED) is 0.640. The summed E-state index contributed by atoms with van der Waals surface area (Å²) in [6.07, 6.45) is 3.87. The number of nitrogens with zero attached hydrogens (tertiary/aromatic N) is 2. The van der Waals surface area contributed by atoms with Crippen LogP contribution in [-0.4, -0.2) is 55.8 Å². The van der Waals surface area contributed by atoms with E-state index < -0.39 is 15.8 Å². The van der Waals surface area contributed by atoms with E-state index in [0.29, 0.717) is 5.56 Å². The smallest absolute Gasteiger partial charge is 0.261 e. The number of benzene rings is 2. The third kappa shape index (κ3) is 5.08. The predicted octanol–water partition coefficient (Wildman–Crippen LogP) is 4.37. The Hall–Kier alpha value is -2.16. The first-order valence-corrected chi connectivity index (χ1v) is 12.8. The fourth-order valence-corrected chi connectivity index (χ4v) is 5.49. The number of hydrogen-bond acceptors (Lipinski definition) is 4. The molecule has 1 heterocycles. The third-order valence-corrected chi connectivity index (χ3v) is 7.87. The Morgan fingerprint density at radius 3 is 2.31 bits per heavy atom. The first-order valence-electron chi connectivity index (χ1n) is 10.9. The van der Waals surface area contributed by atoms with Crippen molar-refractivity contribution in [3.8, 4) is 0 Å². The molecule has 2 aliphatic rings. The molecule has 32 heavy (non-hydrogen) atoms. The monoisotopic (exact) mass is 479 g/mol. The summed E-state index contributed by atoms with van der Waals surface area (Å²) in [6, 6.07) is 9.60. The van der Waals surface area contributed by atoms with Gasteiger partial charge in [-0.05, 0) is 74.7 Å². The number of rotatable bonds is 7. The van der Waals surface area contributed by atoms with Crippen molar-refractivity contribution in [3.05, 3.63) is 58.9 Å². The molecule has 1 saturated heterocycles. The van der Waals surface area contributed by atoms with Crippen LogP contribution in [0, 0.1) is 5.82 Å². The fraction of sp³-hybridized carbons (Fsp3) is 0.435. The van der Waals surface area contributed by atoms with Gasteiger partial charge in [0.2, 0.25) is 0 Å². The number of likely N-dealkylation sites (tertiary alicyclic amines) is 1. The van der Waals surface area contributed by atoms with Crippen LogP contribution in [0.15, 0.2) is 47.4 Å². The molecule has 172 valence electrons. The normalized spacial score (nSPS) is 17.8. The summed E-state index contributed by atoms with van der Waals surface area (Å²) in [4.78, 5) is 17.8. The van der Waals surface area contributed by atoms with Gasteiger partial charge in [-0.25, -0.2) is 12.8 Å². The molecule has 1 N–H and O–H groups in total. The van der Waals surface area contributed by atoms with Crippen LogP contribution in [-0.2, 0) is 10.0 Å². The summed E-state index contributed by atoms with van der Waals surface area (Å²) in [5.41, 5.74) is 0.523. The lowest BCUT2D eigenvalue weighted by Crippen LogP contribution is -2.48. The Labute approximate surface area is 193 Å². The zero-order valence-corrected chi connectivity index (χ0v) is 19.5. The molecule has 4 rings (SSSR count). The predicted molar refractivity (Wildman–Crippen MR) is 123 cm³/mol. The van der Waals surface area contributed by atoms with E-state index >= 15 is 0 Å². The highest BCUT2D eigenvalue weighted by Gasteiger charge is 2.39. The van der Waals surface area contributed by atoms with E-state index in [4.69, 9.17) is 11.6 Å². The highest BCUT2D eigenvalue weighted by Crippen LogP contribution is 2.34. The van der Waals surface area contributed by atoms with Crippen LogP contribution >= 0.6 is 11.6 Å². The molecule has 6 nitrogen and oxygen atoms in total. The number of carbonyl (C=O) groups excluding carboxylic acids is 1. The van der Waals surface area contributed by atoms with Crippen molar-refractivity contribution in [2.45, 2.75) is 49.6 Å². The summed E-state index contributed by atoms with van der Waals surface area (Å²) in [6.45, 7) is 5.10. The SMILES string of the molecule is CCN1CCC(N(C(=O)c2ccc(Cl)c(NS(=O)(=O)c3ccc(F)cc3)c2)C2CC2)CC1. The summed E-state index contributed by atoms with van der Waals surface area (Å²) >= 11 is 6.24. The minimum atomic E-state index is -3.98. The maximum atomic E-state index is 13.5. The highest BCUT2D eigenvalue weighted by atomic mass is 35.5. The number of sulfonamides is 1. The molecule has 0 aromatic heterocycles. The van der Waals surface area contributed by atoms with Crippen molar-refractivity contribution in [2.24, 2.45) is 0 Å².